The zero-order valence-corrected chi connectivity index (χ0v) is 12.0. The molecular weight excluding hydrogens is 300 g/mol. The van der Waals surface area contributed by atoms with Crippen LogP contribution in [-0.4, -0.2) is 22.2 Å². The number of nitro groups is 1. The SMILES string of the molecule is CC(O)CC(C)NCc1cccc([N+](=O)[O-])c1Br. The number of nitrogens with one attached hydrogen (secondary N) is 1. The summed E-state index contributed by atoms with van der Waals surface area (Å²) in [6, 6.07) is 5.11. The van der Waals surface area contributed by atoms with Crippen molar-refractivity contribution in [2.45, 2.75) is 39.0 Å². The maximum Gasteiger partial charge on any atom is 0.283 e. The van der Waals surface area contributed by atoms with Gasteiger partial charge in [0.2, 0.25) is 0 Å². The van der Waals surface area contributed by atoms with E-state index in [1.807, 2.05) is 13.0 Å². The number of aliphatic hydroxyl groups is 1. The molecule has 6 heteroatoms. The normalized spacial score (nSPS) is 14.2. The lowest BCUT2D eigenvalue weighted by molar-refractivity contribution is -0.385. The van der Waals surface area contributed by atoms with Crippen LogP contribution >= 0.6 is 15.9 Å². The molecule has 2 N–H and O–H groups in total. The Morgan fingerprint density at radius 1 is 1.50 bits per heavy atom. The van der Waals surface area contributed by atoms with Crippen molar-refractivity contribution in [3.8, 4) is 0 Å². The molecule has 2 atom stereocenters. The third kappa shape index (κ3) is 4.36. The van der Waals surface area contributed by atoms with Gasteiger partial charge in [-0.25, -0.2) is 0 Å². The molecule has 0 aromatic heterocycles. The molecule has 0 bridgehead atoms. The first-order valence-electron chi connectivity index (χ1n) is 5.75. The van der Waals surface area contributed by atoms with Crippen molar-refractivity contribution >= 4 is 21.6 Å². The average molecular weight is 317 g/mol. The molecule has 1 aromatic carbocycles. The molecule has 2 unspecified atom stereocenters. The number of rotatable bonds is 6. The van der Waals surface area contributed by atoms with E-state index < -0.39 is 4.92 Å². The van der Waals surface area contributed by atoms with Crippen LogP contribution in [0.5, 0.6) is 0 Å². The Kier molecular flexibility index (Phi) is 5.71. The molecule has 0 heterocycles. The van der Waals surface area contributed by atoms with Crippen LogP contribution in [0.1, 0.15) is 25.8 Å². The smallest absolute Gasteiger partial charge is 0.283 e. The molecule has 0 aliphatic heterocycles. The van der Waals surface area contributed by atoms with E-state index in [1.165, 1.54) is 6.07 Å². The highest BCUT2D eigenvalue weighted by Crippen LogP contribution is 2.28. The second kappa shape index (κ2) is 6.82. The summed E-state index contributed by atoms with van der Waals surface area (Å²) in [6.45, 7) is 4.23. The van der Waals surface area contributed by atoms with Gasteiger partial charge in [-0.15, -0.1) is 0 Å². The summed E-state index contributed by atoms with van der Waals surface area (Å²) in [5.41, 5.74) is 0.902. The molecule has 0 saturated carbocycles. The van der Waals surface area contributed by atoms with Gasteiger partial charge >= 0.3 is 0 Å². The van der Waals surface area contributed by atoms with Gasteiger partial charge in [0.1, 0.15) is 0 Å². The molecule has 0 amide bonds. The Hall–Kier alpha value is -0.980. The quantitative estimate of drug-likeness (QED) is 0.625. The molecular formula is C12H17BrN2O3. The molecule has 0 aliphatic carbocycles. The van der Waals surface area contributed by atoms with Crippen molar-refractivity contribution in [3.05, 3.63) is 38.3 Å². The number of aliphatic hydroxyl groups excluding tert-OH is 1. The first-order chi connectivity index (χ1) is 8.41. The largest absolute Gasteiger partial charge is 0.393 e. The Morgan fingerprint density at radius 3 is 2.72 bits per heavy atom. The fraction of sp³-hybridized carbons (Fsp3) is 0.500. The van der Waals surface area contributed by atoms with E-state index in [0.717, 1.165) is 5.56 Å². The molecule has 18 heavy (non-hydrogen) atoms. The van der Waals surface area contributed by atoms with Gasteiger partial charge in [-0.2, -0.15) is 0 Å². The fourth-order valence-corrected chi connectivity index (χ4v) is 2.27. The lowest BCUT2D eigenvalue weighted by atomic mass is 10.1. The van der Waals surface area contributed by atoms with E-state index >= 15 is 0 Å². The predicted molar refractivity (Wildman–Crippen MR) is 73.4 cm³/mol. The minimum atomic E-state index is -0.410. The van der Waals surface area contributed by atoms with Crippen molar-refractivity contribution in [1.29, 1.82) is 0 Å². The summed E-state index contributed by atoms with van der Waals surface area (Å²) < 4.78 is 0.506. The van der Waals surface area contributed by atoms with Crippen LogP contribution in [0.3, 0.4) is 0 Å². The monoisotopic (exact) mass is 316 g/mol. The van der Waals surface area contributed by atoms with Crippen molar-refractivity contribution in [2.75, 3.05) is 0 Å². The third-order valence-electron chi connectivity index (χ3n) is 2.59. The van der Waals surface area contributed by atoms with E-state index in [4.69, 9.17) is 0 Å². The van der Waals surface area contributed by atoms with Gasteiger partial charge in [-0.1, -0.05) is 12.1 Å². The molecule has 0 fully saturated rings. The van der Waals surface area contributed by atoms with Gasteiger partial charge in [-0.05, 0) is 41.8 Å². The van der Waals surface area contributed by atoms with E-state index in [-0.39, 0.29) is 17.8 Å². The number of nitrogens with zero attached hydrogens (tertiary/aromatic N) is 1. The number of hydrogen-bond acceptors (Lipinski definition) is 4. The summed E-state index contributed by atoms with van der Waals surface area (Å²) in [5, 5.41) is 23.3. The summed E-state index contributed by atoms with van der Waals surface area (Å²) in [4.78, 5) is 10.4. The fourth-order valence-electron chi connectivity index (χ4n) is 1.72. The van der Waals surface area contributed by atoms with Crippen LogP contribution in [-0.2, 0) is 6.54 Å². The average Bonchev–Trinajstić information content (AvgIpc) is 2.26. The highest BCUT2D eigenvalue weighted by Gasteiger charge is 2.15. The maximum absolute atomic E-state index is 10.8. The van der Waals surface area contributed by atoms with E-state index in [1.54, 1.807) is 13.0 Å². The molecule has 1 rings (SSSR count). The zero-order chi connectivity index (χ0) is 13.7. The Morgan fingerprint density at radius 2 is 2.17 bits per heavy atom. The maximum atomic E-state index is 10.8. The number of hydrogen-bond donors (Lipinski definition) is 2. The predicted octanol–water partition coefficient (Wildman–Crippen LogP) is 2.61. The molecule has 0 aliphatic rings. The van der Waals surface area contributed by atoms with Crippen molar-refractivity contribution in [1.82, 2.24) is 5.32 Å². The van der Waals surface area contributed by atoms with Gasteiger partial charge in [-0.3, -0.25) is 10.1 Å². The van der Waals surface area contributed by atoms with Crippen LogP contribution in [0.4, 0.5) is 5.69 Å². The Bertz CT molecular complexity index is 424. The minimum absolute atomic E-state index is 0.0671. The van der Waals surface area contributed by atoms with Crippen LogP contribution in [0, 0.1) is 10.1 Å². The van der Waals surface area contributed by atoms with Crippen LogP contribution in [0.25, 0.3) is 0 Å². The van der Waals surface area contributed by atoms with E-state index in [0.29, 0.717) is 17.4 Å². The molecule has 0 spiro atoms. The number of nitro benzene ring substituents is 1. The van der Waals surface area contributed by atoms with Crippen LogP contribution < -0.4 is 5.32 Å². The third-order valence-corrected chi connectivity index (χ3v) is 3.51. The number of benzene rings is 1. The van der Waals surface area contributed by atoms with Crippen molar-refractivity contribution in [3.63, 3.8) is 0 Å². The first-order valence-corrected chi connectivity index (χ1v) is 6.54. The molecule has 1 aromatic rings. The Labute approximate surface area is 114 Å². The summed E-state index contributed by atoms with van der Waals surface area (Å²) in [7, 11) is 0. The van der Waals surface area contributed by atoms with Crippen molar-refractivity contribution in [2.24, 2.45) is 0 Å². The molecule has 0 radical (unpaired) electrons. The lowest BCUT2D eigenvalue weighted by Crippen LogP contribution is -2.28. The van der Waals surface area contributed by atoms with Gasteiger partial charge in [0, 0.05) is 18.7 Å². The first kappa shape index (κ1) is 15.1. The standard InChI is InChI=1S/C12H17BrN2O3/c1-8(6-9(2)16)14-7-10-4-3-5-11(12(10)13)15(17)18/h3-5,8-9,14,16H,6-7H2,1-2H3. The van der Waals surface area contributed by atoms with Crippen LogP contribution in [0.2, 0.25) is 0 Å². The second-order valence-corrected chi connectivity index (χ2v) is 5.17. The molecule has 100 valence electrons. The minimum Gasteiger partial charge on any atom is -0.393 e. The number of halogens is 1. The summed E-state index contributed by atoms with van der Waals surface area (Å²) >= 11 is 3.25. The van der Waals surface area contributed by atoms with Crippen molar-refractivity contribution < 1.29 is 10.0 Å². The van der Waals surface area contributed by atoms with Gasteiger partial charge in [0.05, 0.1) is 15.5 Å². The van der Waals surface area contributed by atoms with E-state index in [2.05, 4.69) is 21.2 Å². The molecule has 0 saturated heterocycles. The zero-order valence-electron chi connectivity index (χ0n) is 10.4. The van der Waals surface area contributed by atoms with E-state index in [9.17, 15) is 15.2 Å². The summed E-state index contributed by atoms with van der Waals surface area (Å²) in [6.07, 6.45) is 0.285. The van der Waals surface area contributed by atoms with Gasteiger partial charge < -0.3 is 10.4 Å². The summed E-state index contributed by atoms with van der Waals surface area (Å²) in [5.74, 6) is 0. The van der Waals surface area contributed by atoms with Gasteiger partial charge in [0.25, 0.3) is 5.69 Å². The highest BCUT2D eigenvalue weighted by molar-refractivity contribution is 9.10. The topological polar surface area (TPSA) is 75.4 Å². The van der Waals surface area contributed by atoms with Crippen LogP contribution in [0.15, 0.2) is 22.7 Å². The highest BCUT2D eigenvalue weighted by atomic mass is 79.9. The Balaban J connectivity index is 2.68. The lowest BCUT2D eigenvalue weighted by Gasteiger charge is -2.15. The second-order valence-electron chi connectivity index (χ2n) is 4.37. The van der Waals surface area contributed by atoms with Gasteiger partial charge in [0.15, 0.2) is 0 Å². The molecule has 5 nitrogen and oxygen atoms in total.